The molecule has 5 nitrogen and oxygen atoms in total. The van der Waals surface area contributed by atoms with Gasteiger partial charge in [-0.3, -0.25) is 0 Å². The second-order valence-electron chi connectivity index (χ2n) is 4.82. The number of H-pyrrole nitrogens is 1. The number of nitrogens with one attached hydrogen (secondary N) is 2. The van der Waals surface area contributed by atoms with Gasteiger partial charge in [0.05, 0.1) is 12.6 Å². The molecule has 108 valence electrons. The maximum absolute atomic E-state index is 5.14. The molecule has 0 atom stereocenters. The smallest absolute Gasteiger partial charge is 0.215 e. The fourth-order valence-corrected chi connectivity index (χ4v) is 2.35. The summed E-state index contributed by atoms with van der Waals surface area (Å²) in [5, 5.41) is 3.18. The van der Waals surface area contributed by atoms with Crippen molar-refractivity contribution in [1.29, 1.82) is 0 Å². The zero-order valence-electron chi connectivity index (χ0n) is 12.2. The summed E-state index contributed by atoms with van der Waals surface area (Å²) < 4.78 is 5.14. The quantitative estimate of drug-likeness (QED) is 0.754. The molecule has 1 aromatic carbocycles. The number of nitrogens with zero attached hydrogens (tertiary/aromatic N) is 2. The third kappa shape index (κ3) is 2.73. The molecule has 3 rings (SSSR count). The first-order valence-electron chi connectivity index (χ1n) is 6.95. The summed E-state index contributed by atoms with van der Waals surface area (Å²) >= 11 is 0. The monoisotopic (exact) mass is 282 g/mol. The molecule has 0 unspecified atom stereocenters. The molecule has 0 radical (unpaired) electrons. The van der Waals surface area contributed by atoms with E-state index in [1.165, 1.54) is 5.56 Å². The average Bonchev–Trinajstić information content (AvgIpc) is 2.95. The highest BCUT2D eigenvalue weighted by Crippen LogP contribution is 2.24. The van der Waals surface area contributed by atoms with E-state index in [4.69, 9.17) is 4.74 Å². The molecular formula is C16H18N4O. The average molecular weight is 282 g/mol. The number of benzene rings is 1. The second-order valence-corrected chi connectivity index (χ2v) is 4.82. The molecule has 0 aliphatic carbocycles. The molecule has 0 fully saturated rings. The molecule has 5 heteroatoms. The van der Waals surface area contributed by atoms with Gasteiger partial charge in [0.2, 0.25) is 5.88 Å². The Kier molecular flexibility index (Phi) is 3.83. The minimum atomic E-state index is 0.573. The van der Waals surface area contributed by atoms with Crippen molar-refractivity contribution >= 4 is 11.2 Å². The van der Waals surface area contributed by atoms with E-state index in [0.717, 1.165) is 29.9 Å². The first kappa shape index (κ1) is 13.6. The Morgan fingerprint density at radius 1 is 1.14 bits per heavy atom. The van der Waals surface area contributed by atoms with Crippen molar-refractivity contribution in [3.05, 3.63) is 42.0 Å². The number of pyridine rings is 1. The van der Waals surface area contributed by atoms with E-state index in [0.29, 0.717) is 11.5 Å². The van der Waals surface area contributed by atoms with Crippen LogP contribution in [0.2, 0.25) is 0 Å². The maximum Gasteiger partial charge on any atom is 0.215 e. The van der Waals surface area contributed by atoms with Gasteiger partial charge in [0.15, 0.2) is 5.65 Å². The Hall–Kier alpha value is -2.40. The summed E-state index contributed by atoms with van der Waals surface area (Å²) in [5.41, 5.74) is 3.96. The van der Waals surface area contributed by atoms with Crippen molar-refractivity contribution in [1.82, 2.24) is 20.3 Å². The molecule has 0 saturated carbocycles. The first-order valence-corrected chi connectivity index (χ1v) is 6.95. The maximum atomic E-state index is 5.14. The molecule has 3 aromatic rings. The number of hydrogen-bond acceptors (Lipinski definition) is 4. The van der Waals surface area contributed by atoms with Gasteiger partial charge in [-0.1, -0.05) is 24.3 Å². The molecule has 0 aliphatic rings. The standard InChI is InChI=1S/C16H18N4O/c1-17-10-9-11-5-3-4-6-12(11)15-18-13-7-8-14(21-2)19-16(13)20-15/h3-8,17H,9-10H2,1-2H3,(H,18,19,20). The Bertz CT molecular complexity index is 751. The predicted molar refractivity (Wildman–Crippen MR) is 83.5 cm³/mol. The molecule has 2 N–H and O–H groups in total. The minimum Gasteiger partial charge on any atom is -0.481 e. The molecule has 0 amide bonds. The van der Waals surface area contributed by atoms with Crippen LogP contribution in [0.15, 0.2) is 36.4 Å². The van der Waals surface area contributed by atoms with E-state index in [1.807, 2.05) is 25.2 Å². The SMILES string of the molecule is CNCCc1ccccc1-c1nc2nc(OC)ccc2[nH]1. The number of hydrogen-bond donors (Lipinski definition) is 2. The molecule has 21 heavy (non-hydrogen) atoms. The lowest BCUT2D eigenvalue weighted by Crippen LogP contribution is -2.10. The van der Waals surface area contributed by atoms with Gasteiger partial charge in [-0.2, -0.15) is 4.98 Å². The van der Waals surface area contributed by atoms with Gasteiger partial charge >= 0.3 is 0 Å². The van der Waals surface area contributed by atoms with Gasteiger partial charge in [0.1, 0.15) is 5.82 Å². The van der Waals surface area contributed by atoms with Crippen molar-refractivity contribution in [2.24, 2.45) is 0 Å². The van der Waals surface area contributed by atoms with E-state index in [-0.39, 0.29) is 0 Å². The first-order chi connectivity index (χ1) is 10.3. The van der Waals surface area contributed by atoms with Crippen molar-refractivity contribution in [2.75, 3.05) is 20.7 Å². The highest BCUT2D eigenvalue weighted by Gasteiger charge is 2.10. The molecule has 2 heterocycles. The minimum absolute atomic E-state index is 0.573. The summed E-state index contributed by atoms with van der Waals surface area (Å²) in [6.07, 6.45) is 0.959. The fraction of sp³-hybridized carbons (Fsp3) is 0.250. The predicted octanol–water partition coefficient (Wildman–Crippen LogP) is 2.40. The molecule has 0 aliphatic heterocycles. The van der Waals surface area contributed by atoms with Gasteiger partial charge < -0.3 is 15.0 Å². The number of methoxy groups -OCH3 is 1. The molecule has 0 spiro atoms. The van der Waals surface area contributed by atoms with Crippen molar-refractivity contribution < 1.29 is 4.74 Å². The van der Waals surface area contributed by atoms with Crippen LogP contribution in [0.3, 0.4) is 0 Å². The number of aromatic amines is 1. The van der Waals surface area contributed by atoms with Crippen LogP contribution < -0.4 is 10.1 Å². The Balaban J connectivity index is 2.03. The number of imidazole rings is 1. The van der Waals surface area contributed by atoms with E-state index in [2.05, 4.69) is 38.5 Å². The normalized spacial score (nSPS) is 11.0. The number of rotatable bonds is 5. The van der Waals surface area contributed by atoms with E-state index in [1.54, 1.807) is 7.11 Å². The van der Waals surface area contributed by atoms with Crippen LogP contribution in [0.1, 0.15) is 5.56 Å². The van der Waals surface area contributed by atoms with Crippen molar-refractivity contribution in [2.45, 2.75) is 6.42 Å². The van der Waals surface area contributed by atoms with Gasteiger partial charge in [-0.25, -0.2) is 4.98 Å². The lowest BCUT2D eigenvalue weighted by Gasteiger charge is -2.06. The van der Waals surface area contributed by atoms with Crippen LogP contribution in [0, 0.1) is 0 Å². The van der Waals surface area contributed by atoms with E-state index >= 15 is 0 Å². The summed E-state index contributed by atoms with van der Waals surface area (Å²) in [4.78, 5) is 12.3. The highest BCUT2D eigenvalue weighted by molar-refractivity contribution is 5.77. The van der Waals surface area contributed by atoms with Crippen LogP contribution >= 0.6 is 0 Å². The molecular weight excluding hydrogens is 264 g/mol. The highest BCUT2D eigenvalue weighted by atomic mass is 16.5. The molecule has 2 aromatic heterocycles. The van der Waals surface area contributed by atoms with E-state index in [9.17, 15) is 0 Å². The van der Waals surface area contributed by atoms with Crippen molar-refractivity contribution in [3.8, 4) is 17.3 Å². The number of aromatic nitrogens is 3. The van der Waals surface area contributed by atoms with Crippen molar-refractivity contribution in [3.63, 3.8) is 0 Å². The molecule has 0 saturated heterocycles. The molecule has 0 bridgehead atoms. The fourth-order valence-electron chi connectivity index (χ4n) is 2.35. The van der Waals surface area contributed by atoms with Crippen LogP contribution in [-0.4, -0.2) is 35.7 Å². The Morgan fingerprint density at radius 3 is 2.81 bits per heavy atom. The van der Waals surface area contributed by atoms with Gasteiger partial charge in [-0.05, 0) is 31.6 Å². The number of fused-ring (bicyclic) bond motifs is 1. The van der Waals surface area contributed by atoms with Gasteiger partial charge in [0.25, 0.3) is 0 Å². The van der Waals surface area contributed by atoms with Gasteiger partial charge in [0, 0.05) is 11.6 Å². The number of likely N-dealkylation sites (N-methyl/N-ethyl adjacent to an activating group) is 1. The van der Waals surface area contributed by atoms with Gasteiger partial charge in [-0.15, -0.1) is 0 Å². The largest absolute Gasteiger partial charge is 0.481 e. The summed E-state index contributed by atoms with van der Waals surface area (Å²) in [6, 6.07) is 12.1. The summed E-state index contributed by atoms with van der Waals surface area (Å²) in [6.45, 7) is 0.934. The number of ether oxygens (including phenoxy) is 1. The topological polar surface area (TPSA) is 62.8 Å². The summed E-state index contributed by atoms with van der Waals surface area (Å²) in [7, 11) is 3.56. The van der Waals surface area contributed by atoms with Crippen LogP contribution in [0.25, 0.3) is 22.6 Å². The lowest BCUT2D eigenvalue weighted by molar-refractivity contribution is 0.399. The Morgan fingerprint density at radius 2 is 2.00 bits per heavy atom. The Labute approximate surface area is 123 Å². The van der Waals surface area contributed by atoms with Crippen LogP contribution in [0.4, 0.5) is 0 Å². The van der Waals surface area contributed by atoms with Crippen LogP contribution in [-0.2, 0) is 6.42 Å². The summed E-state index contributed by atoms with van der Waals surface area (Å²) in [5.74, 6) is 1.42. The van der Waals surface area contributed by atoms with E-state index < -0.39 is 0 Å². The third-order valence-electron chi connectivity index (χ3n) is 3.45. The zero-order chi connectivity index (χ0) is 14.7. The zero-order valence-corrected chi connectivity index (χ0v) is 12.2. The lowest BCUT2D eigenvalue weighted by atomic mass is 10.0. The third-order valence-corrected chi connectivity index (χ3v) is 3.45. The second kappa shape index (κ2) is 5.93. The van der Waals surface area contributed by atoms with Crippen LogP contribution in [0.5, 0.6) is 5.88 Å².